The molecule has 0 bridgehead atoms. The zero-order chi connectivity index (χ0) is 13.7. The van der Waals surface area contributed by atoms with Gasteiger partial charge in [-0.15, -0.1) is 0 Å². The third-order valence-corrected chi connectivity index (χ3v) is 3.48. The number of nitrogen functional groups attached to an aromatic ring is 1. The van der Waals surface area contributed by atoms with Gasteiger partial charge >= 0.3 is 0 Å². The first-order chi connectivity index (χ1) is 9.18. The molecule has 1 saturated heterocycles. The maximum Gasteiger partial charge on any atom is 0.224 e. The first-order valence-electron chi connectivity index (χ1n) is 6.46. The second-order valence-electron chi connectivity index (χ2n) is 4.54. The van der Waals surface area contributed by atoms with Crippen LogP contribution in [0.15, 0.2) is 6.33 Å². The van der Waals surface area contributed by atoms with Crippen molar-refractivity contribution in [2.75, 3.05) is 30.7 Å². The zero-order valence-electron chi connectivity index (χ0n) is 10.7. The number of carbonyl (C=O) groups excluding carboxylic acids is 1. The first kappa shape index (κ1) is 13.9. The van der Waals surface area contributed by atoms with Gasteiger partial charge in [-0.25, -0.2) is 9.97 Å². The van der Waals surface area contributed by atoms with Gasteiger partial charge in [-0.05, 0) is 19.3 Å². The summed E-state index contributed by atoms with van der Waals surface area (Å²) in [6, 6.07) is 0. The van der Waals surface area contributed by atoms with E-state index >= 15 is 0 Å². The average molecular weight is 284 g/mol. The third-order valence-electron chi connectivity index (χ3n) is 3.18. The molecule has 6 nitrogen and oxygen atoms in total. The largest absolute Gasteiger partial charge is 0.393 e. The monoisotopic (exact) mass is 283 g/mol. The molecule has 104 valence electrons. The summed E-state index contributed by atoms with van der Waals surface area (Å²) in [5.41, 5.74) is 6.04. The molecule has 2 rings (SSSR count). The van der Waals surface area contributed by atoms with Gasteiger partial charge in [0.05, 0.1) is 0 Å². The maximum absolute atomic E-state index is 11.9. The molecule has 19 heavy (non-hydrogen) atoms. The fraction of sp³-hybridized carbons (Fsp3) is 0.583. The average Bonchev–Trinajstić information content (AvgIpc) is 2.44. The lowest BCUT2D eigenvalue weighted by molar-refractivity contribution is -0.131. The highest BCUT2D eigenvalue weighted by atomic mass is 35.5. The summed E-state index contributed by atoms with van der Waals surface area (Å²) < 4.78 is 0. The molecule has 0 spiro atoms. The highest BCUT2D eigenvalue weighted by Crippen LogP contribution is 2.21. The van der Waals surface area contributed by atoms with E-state index in [9.17, 15) is 4.79 Å². The molecule has 0 aromatic carbocycles. The Hall–Kier alpha value is -1.56. The molecule has 0 unspecified atom stereocenters. The molecule has 1 aliphatic rings. The van der Waals surface area contributed by atoms with Gasteiger partial charge in [0.15, 0.2) is 11.0 Å². The van der Waals surface area contributed by atoms with Gasteiger partial charge in [0.25, 0.3) is 0 Å². The fourth-order valence-electron chi connectivity index (χ4n) is 2.10. The second-order valence-corrected chi connectivity index (χ2v) is 4.90. The Morgan fingerprint density at radius 1 is 1.37 bits per heavy atom. The van der Waals surface area contributed by atoms with Gasteiger partial charge < -0.3 is 16.0 Å². The number of amides is 1. The van der Waals surface area contributed by atoms with Crippen LogP contribution in [0.2, 0.25) is 5.15 Å². The number of rotatable bonds is 4. The normalized spacial score (nSPS) is 15.3. The number of hydrogen-bond donors (Lipinski definition) is 2. The van der Waals surface area contributed by atoms with E-state index in [1.54, 1.807) is 0 Å². The summed E-state index contributed by atoms with van der Waals surface area (Å²) in [7, 11) is 0. The number of nitrogens with zero attached hydrogens (tertiary/aromatic N) is 3. The van der Waals surface area contributed by atoms with Crippen molar-refractivity contribution in [1.29, 1.82) is 0 Å². The fourth-order valence-corrected chi connectivity index (χ4v) is 2.24. The van der Waals surface area contributed by atoms with E-state index in [1.807, 2.05) is 4.90 Å². The van der Waals surface area contributed by atoms with Crippen LogP contribution in [-0.2, 0) is 4.79 Å². The Balaban J connectivity index is 1.79. The molecule has 1 aromatic rings. The number of carbonyl (C=O) groups is 1. The van der Waals surface area contributed by atoms with Crippen LogP contribution in [-0.4, -0.2) is 40.4 Å². The van der Waals surface area contributed by atoms with Gasteiger partial charge in [-0.2, -0.15) is 0 Å². The van der Waals surface area contributed by atoms with Gasteiger partial charge in [-0.1, -0.05) is 11.6 Å². The number of anilines is 2. The molecule has 0 aliphatic carbocycles. The number of hydrogen-bond acceptors (Lipinski definition) is 5. The van der Waals surface area contributed by atoms with Crippen molar-refractivity contribution in [2.45, 2.75) is 25.7 Å². The summed E-state index contributed by atoms with van der Waals surface area (Å²) in [4.78, 5) is 21.6. The highest BCUT2D eigenvalue weighted by Gasteiger charge is 2.16. The lowest BCUT2D eigenvalue weighted by Crippen LogP contribution is -2.36. The predicted molar refractivity (Wildman–Crippen MR) is 75.0 cm³/mol. The van der Waals surface area contributed by atoms with Crippen molar-refractivity contribution < 1.29 is 4.79 Å². The van der Waals surface area contributed by atoms with E-state index in [1.165, 1.54) is 12.7 Å². The molecule has 1 aliphatic heterocycles. The van der Waals surface area contributed by atoms with E-state index in [-0.39, 0.29) is 11.1 Å². The molecule has 0 saturated carbocycles. The molecule has 1 fully saturated rings. The van der Waals surface area contributed by atoms with Crippen molar-refractivity contribution in [3.05, 3.63) is 11.5 Å². The Labute approximate surface area is 117 Å². The van der Waals surface area contributed by atoms with Crippen molar-refractivity contribution in [1.82, 2.24) is 14.9 Å². The first-order valence-corrected chi connectivity index (χ1v) is 6.84. The van der Waals surface area contributed by atoms with Gasteiger partial charge in [0.1, 0.15) is 12.0 Å². The molecule has 1 aromatic heterocycles. The third kappa shape index (κ3) is 3.70. The van der Waals surface area contributed by atoms with Gasteiger partial charge in [-0.3, -0.25) is 4.79 Å². The van der Waals surface area contributed by atoms with E-state index < -0.39 is 0 Å². The lowest BCUT2D eigenvalue weighted by atomic mass is 10.1. The van der Waals surface area contributed by atoms with Crippen LogP contribution in [0.25, 0.3) is 0 Å². The van der Waals surface area contributed by atoms with Crippen LogP contribution in [0.5, 0.6) is 0 Å². The summed E-state index contributed by atoms with van der Waals surface area (Å²) >= 11 is 5.79. The molecule has 7 heteroatoms. The minimum atomic E-state index is 0.172. The van der Waals surface area contributed by atoms with Crippen molar-refractivity contribution >= 4 is 29.0 Å². The number of halogens is 1. The maximum atomic E-state index is 11.9. The Morgan fingerprint density at radius 2 is 2.11 bits per heavy atom. The smallest absolute Gasteiger partial charge is 0.224 e. The molecule has 0 atom stereocenters. The minimum absolute atomic E-state index is 0.172. The Kier molecular flexibility index (Phi) is 4.79. The number of aromatic nitrogens is 2. The van der Waals surface area contributed by atoms with Crippen molar-refractivity contribution in [2.24, 2.45) is 0 Å². The number of piperidine rings is 1. The summed E-state index contributed by atoms with van der Waals surface area (Å²) in [6.45, 7) is 2.24. The van der Waals surface area contributed by atoms with Crippen LogP contribution in [0, 0.1) is 0 Å². The van der Waals surface area contributed by atoms with E-state index in [2.05, 4.69) is 15.3 Å². The molecular formula is C12H18ClN5O. The minimum Gasteiger partial charge on any atom is -0.393 e. The van der Waals surface area contributed by atoms with Crippen LogP contribution in [0.4, 0.5) is 11.5 Å². The number of likely N-dealkylation sites (tertiary alicyclic amines) is 1. The topological polar surface area (TPSA) is 84.1 Å². The number of nitrogens with two attached hydrogens (primary N) is 1. The molecule has 3 N–H and O–H groups in total. The molecular weight excluding hydrogens is 266 g/mol. The van der Waals surface area contributed by atoms with E-state index in [0.29, 0.717) is 24.5 Å². The van der Waals surface area contributed by atoms with Crippen molar-refractivity contribution in [3.63, 3.8) is 0 Å². The summed E-state index contributed by atoms with van der Waals surface area (Å²) in [5.74, 6) is 0.650. The van der Waals surface area contributed by atoms with Gasteiger partial charge in [0.2, 0.25) is 5.91 Å². The molecule has 1 amide bonds. The summed E-state index contributed by atoms with van der Waals surface area (Å²) in [5, 5.41) is 3.24. The molecule has 0 radical (unpaired) electrons. The van der Waals surface area contributed by atoms with Crippen LogP contribution >= 0.6 is 11.6 Å². The second kappa shape index (κ2) is 6.56. The SMILES string of the molecule is Nc1c(Cl)ncnc1NCCC(=O)N1CCCCC1. The highest BCUT2D eigenvalue weighted by molar-refractivity contribution is 6.32. The quantitative estimate of drug-likeness (QED) is 0.819. The van der Waals surface area contributed by atoms with Crippen LogP contribution in [0.3, 0.4) is 0 Å². The Bertz CT molecular complexity index is 448. The summed E-state index contributed by atoms with van der Waals surface area (Å²) in [6.07, 6.45) is 5.20. The number of nitrogens with one attached hydrogen (secondary N) is 1. The van der Waals surface area contributed by atoms with Gasteiger partial charge in [0, 0.05) is 26.1 Å². The van der Waals surface area contributed by atoms with E-state index in [4.69, 9.17) is 17.3 Å². The lowest BCUT2D eigenvalue weighted by Gasteiger charge is -2.26. The van der Waals surface area contributed by atoms with E-state index in [0.717, 1.165) is 25.9 Å². The van der Waals surface area contributed by atoms with Crippen molar-refractivity contribution in [3.8, 4) is 0 Å². The molecule has 2 heterocycles. The Morgan fingerprint density at radius 3 is 2.84 bits per heavy atom. The van der Waals surface area contributed by atoms with Crippen LogP contribution in [0.1, 0.15) is 25.7 Å². The standard InChI is InChI=1S/C12H18ClN5O/c13-11-10(14)12(17-8-16-11)15-5-4-9(19)18-6-2-1-3-7-18/h8H,1-7,14H2,(H,15,16,17). The predicted octanol–water partition coefficient (Wildman–Crippen LogP) is 1.53. The van der Waals surface area contributed by atoms with Crippen LogP contribution < -0.4 is 11.1 Å². The zero-order valence-corrected chi connectivity index (χ0v) is 11.5.